The van der Waals surface area contributed by atoms with E-state index in [2.05, 4.69) is 0 Å². The van der Waals surface area contributed by atoms with Crippen LogP contribution in [0.25, 0.3) is 0 Å². The first-order chi connectivity index (χ1) is 16.0. The van der Waals surface area contributed by atoms with E-state index in [1.807, 2.05) is 0 Å². The van der Waals surface area contributed by atoms with Gasteiger partial charge in [-0.25, -0.2) is 0 Å². The molecule has 0 aliphatic carbocycles. The van der Waals surface area contributed by atoms with E-state index >= 15 is 0 Å². The summed E-state index contributed by atoms with van der Waals surface area (Å²) in [6.07, 6.45) is -25.1. The maximum atomic E-state index is 10.6. The molecule has 16 heteroatoms. The van der Waals surface area contributed by atoms with Crippen molar-refractivity contribution < 1.29 is 79.9 Å². The number of aliphatic hydroxyl groups is 11. The first-order valence-electron chi connectivity index (χ1n) is 10.6. The highest BCUT2D eigenvalue weighted by atomic mass is 16.8. The van der Waals surface area contributed by atoms with E-state index in [4.69, 9.17) is 23.7 Å². The molecular formula is C18H32O16. The second-order valence-electron chi connectivity index (χ2n) is 8.33. The molecule has 0 aromatic heterocycles. The predicted octanol–water partition coefficient (Wildman–Crippen LogP) is -7.57. The molecule has 0 amide bonds. The summed E-state index contributed by atoms with van der Waals surface area (Å²) in [5.74, 6) is 0. The topological polar surface area (TPSA) is 269 Å². The van der Waals surface area contributed by atoms with Crippen LogP contribution >= 0.6 is 0 Å². The third kappa shape index (κ3) is 5.37. The van der Waals surface area contributed by atoms with Gasteiger partial charge in [0.2, 0.25) is 0 Å². The van der Waals surface area contributed by atoms with Crippen LogP contribution in [0.4, 0.5) is 0 Å². The van der Waals surface area contributed by atoms with Crippen LogP contribution in [0.1, 0.15) is 0 Å². The molecule has 3 heterocycles. The van der Waals surface area contributed by atoms with Crippen molar-refractivity contribution in [2.24, 2.45) is 0 Å². The van der Waals surface area contributed by atoms with Crippen molar-refractivity contribution in [3.8, 4) is 0 Å². The lowest BCUT2D eigenvalue weighted by Crippen LogP contribution is -2.66. The average Bonchev–Trinajstić information content (AvgIpc) is 2.83. The van der Waals surface area contributed by atoms with Gasteiger partial charge in [-0.05, 0) is 0 Å². The molecule has 34 heavy (non-hydrogen) atoms. The van der Waals surface area contributed by atoms with Crippen LogP contribution in [0, 0.1) is 0 Å². The lowest BCUT2D eigenvalue weighted by atomic mass is 9.96. The fraction of sp³-hybridized carbons (Fsp3) is 1.00. The Labute approximate surface area is 192 Å². The summed E-state index contributed by atoms with van der Waals surface area (Å²) in [6, 6.07) is 0. The number of aliphatic hydroxyl groups excluding tert-OH is 11. The molecule has 16 nitrogen and oxygen atoms in total. The smallest absolute Gasteiger partial charge is 0.187 e. The standard InChI is InChI=1S/C18H32O16/c19-1-4-7(22)8(23)12(27)17(31-4)34-15-6(3-21)32-18(13(28)10(15)25)33-14-5(2-20)30-16(29)11(26)9(14)24/h4-29H,1-3H2/t4?,5?,6?,7-,8+,9-,10-,11?,12?,13?,14-,15-,16+,17+,18+/m1/s1. The van der Waals surface area contributed by atoms with Gasteiger partial charge in [-0.1, -0.05) is 0 Å². The third-order valence-corrected chi connectivity index (χ3v) is 6.09. The summed E-state index contributed by atoms with van der Waals surface area (Å²) in [7, 11) is 0. The molecule has 11 N–H and O–H groups in total. The van der Waals surface area contributed by atoms with Gasteiger partial charge in [0.25, 0.3) is 0 Å². The van der Waals surface area contributed by atoms with Crippen molar-refractivity contribution in [1.29, 1.82) is 0 Å². The van der Waals surface area contributed by atoms with Gasteiger partial charge in [-0.2, -0.15) is 0 Å². The van der Waals surface area contributed by atoms with Gasteiger partial charge >= 0.3 is 0 Å². The quantitative estimate of drug-likeness (QED) is 0.154. The van der Waals surface area contributed by atoms with Crippen LogP contribution in [-0.4, -0.2) is 168 Å². The Kier molecular flexibility index (Phi) is 9.54. The summed E-state index contributed by atoms with van der Waals surface area (Å²) in [4.78, 5) is 0. The molecule has 0 spiro atoms. The Hall–Kier alpha value is -0.640. The zero-order chi connectivity index (χ0) is 25.3. The fourth-order valence-electron chi connectivity index (χ4n) is 4.06. The Bertz CT molecular complexity index is 635. The van der Waals surface area contributed by atoms with Crippen molar-refractivity contribution >= 4 is 0 Å². The molecule has 6 unspecified atom stereocenters. The van der Waals surface area contributed by atoms with E-state index in [9.17, 15) is 56.2 Å². The molecule has 0 saturated carbocycles. The van der Waals surface area contributed by atoms with Crippen LogP contribution in [0.15, 0.2) is 0 Å². The SMILES string of the molecule is OCC1O[C@@H](O[C@@H]2C(CO)O[C@@H](O[C@@H]3C(CO)O[C@H](O)C(O)[C@H]3O)C(O)[C@H]2O)C(O)[C@@H](O)[C@@H]1O. The lowest BCUT2D eigenvalue weighted by molar-refractivity contribution is -0.377. The molecular weight excluding hydrogens is 472 g/mol. The number of hydrogen-bond donors (Lipinski definition) is 11. The predicted molar refractivity (Wildman–Crippen MR) is 101 cm³/mol. The first-order valence-corrected chi connectivity index (χ1v) is 10.6. The number of ether oxygens (including phenoxy) is 5. The monoisotopic (exact) mass is 504 g/mol. The largest absolute Gasteiger partial charge is 0.394 e. The Morgan fingerprint density at radius 1 is 0.441 bits per heavy atom. The van der Waals surface area contributed by atoms with Crippen molar-refractivity contribution in [1.82, 2.24) is 0 Å². The second-order valence-corrected chi connectivity index (χ2v) is 8.33. The zero-order valence-electron chi connectivity index (χ0n) is 17.7. The normalized spacial score (nSPS) is 52.5. The summed E-state index contributed by atoms with van der Waals surface area (Å²) >= 11 is 0. The molecule has 3 saturated heterocycles. The molecule has 0 radical (unpaired) electrons. The summed E-state index contributed by atoms with van der Waals surface area (Å²) in [6.45, 7) is -2.32. The third-order valence-electron chi connectivity index (χ3n) is 6.09. The van der Waals surface area contributed by atoms with E-state index in [1.165, 1.54) is 0 Å². The summed E-state index contributed by atoms with van der Waals surface area (Å²) in [5.41, 5.74) is 0. The maximum Gasteiger partial charge on any atom is 0.187 e. The van der Waals surface area contributed by atoms with E-state index in [0.29, 0.717) is 0 Å². The zero-order valence-corrected chi connectivity index (χ0v) is 17.7. The van der Waals surface area contributed by atoms with Gasteiger partial charge in [-0.15, -0.1) is 0 Å². The van der Waals surface area contributed by atoms with Gasteiger partial charge in [0, 0.05) is 0 Å². The Morgan fingerprint density at radius 3 is 1.35 bits per heavy atom. The summed E-state index contributed by atoms with van der Waals surface area (Å²) in [5, 5.41) is 109. The first kappa shape index (κ1) is 27.9. The molecule has 0 aromatic rings. The van der Waals surface area contributed by atoms with Crippen LogP contribution in [0.5, 0.6) is 0 Å². The minimum Gasteiger partial charge on any atom is -0.394 e. The molecule has 3 rings (SSSR count). The van der Waals surface area contributed by atoms with Crippen LogP contribution in [0.2, 0.25) is 0 Å². The van der Waals surface area contributed by atoms with Crippen LogP contribution < -0.4 is 0 Å². The van der Waals surface area contributed by atoms with Crippen molar-refractivity contribution in [3.05, 3.63) is 0 Å². The van der Waals surface area contributed by atoms with E-state index in [1.54, 1.807) is 0 Å². The van der Waals surface area contributed by atoms with Crippen LogP contribution in [0.3, 0.4) is 0 Å². The van der Waals surface area contributed by atoms with Gasteiger partial charge < -0.3 is 79.9 Å². The highest BCUT2D eigenvalue weighted by Gasteiger charge is 2.53. The van der Waals surface area contributed by atoms with E-state index < -0.39 is 112 Å². The van der Waals surface area contributed by atoms with Gasteiger partial charge in [0.1, 0.15) is 73.2 Å². The Balaban J connectivity index is 1.72. The Morgan fingerprint density at radius 2 is 0.853 bits per heavy atom. The molecule has 15 atom stereocenters. The van der Waals surface area contributed by atoms with Crippen molar-refractivity contribution in [2.75, 3.05) is 19.8 Å². The number of rotatable bonds is 7. The maximum absolute atomic E-state index is 10.6. The van der Waals surface area contributed by atoms with Crippen molar-refractivity contribution in [2.45, 2.75) is 92.1 Å². The summed E-state index contributed by atoms with van der Waals surface area (Å²) < 4.78 is 26.4. The second kappa shape index (κ2) is 11.6. The highest BCUT2D eigenvalue weighted by Crippen LogP contribution is 2.32. The van der Waals surface area contributed by atoms with E-state index in [0.717, 1.165) is 0 Å². The van der Waals surface area contributed by atoms with Crippen molar-refractivity contribution in [3.63, 3.8) is 0 Å². The molecule has 0 bridgehead atoms. The molecule has 200 valence electrons. The average molecular weight is 504 g/mol. The minimum atomic E-state index is -1.91. The van der Waals surface area contributed by atoms with Gasteiger partial charge in [0.15, 0.2) is 18.9 Å². The highest BCUT2D eigenvalue weighted by molar-refractivity contribution is 4.96. The minimum absolute atomic E-state index is 0.741. The van der Waals surface area contributed by atoms with E-state index in [-0.39, 0.29) is 0 Å². The van der Waals surface area contributed by atoms with Gasteiger partial charge in [0.05, 0.1) is 19.8 Å². The molecule has 3 aliphatic rings. The fourth-order valence-corrected chi connectivity index (χ4v) is 4.06. The van der Waals surface area contributed by atoms with Crippen LogP contribution in [-0.2, 0) is 23.7 Å². The molecule has 3 fully saturated rings. The number of hydrogen-bond acceptors (Lipinski definition) is 16. The molecule has 3 aliphatic heterocycles. The molecule has 0 aromatic carbocycles. The van der Waals surface area contributed by atoms with Gasteiger partial charge in [-0.3, -0.25) is 0 Å². The lowest BCUT2D eigenvalue weighted by Gasteiger charge is -2.47.